The zero-order chi connectivity index (χ0) is 19.2. The molecule has 0 saturated carbocycles. The van der Waals surface area contributed by atoms with Crippen LogP contribution in [0.2, 0.25) is 0 Å². The van der Waals surface area contributed by atoms with Crippen LogP contribution in [0.3, 0.4) is 0 Å². The third-order valence-electron chi connectivity index (χ3n) is 4.99. The van der Waals surface area contributed by atoms with E-state index in [1.54, 1.807) is 0 Å². The molecule has 5 heteroatoms. The molecule has 0 atom stereocenters. The lowest BCUT2D eigenvalue weighted by Crippen LogP contribution is -2.51. The van der Waals surface area contributed by atoms with Gasteiger partial charge in [-0.05, 0) is 35.7 Å². The van der Waals surface area contributed by atoms with Crippen molar-refractivity contribution in [2.24, 2.45) is 0 Å². The van der Waals surface area contributed by atoms with Crippen LogP contribution in [0.4, 0.5) is 5.69 Å². The summed E-state index contributed by atoms with van der Waals surface area (Å²) in [6.07, 6.45) is 0. The number of nitrogens with one attached hydrogen (secondary N) is 1. The van der Waals surface area contributed by atoms with Gasteiger partial charge in [-0.25, -0.2) is 0 Å². The summed E-state index contributed by atoms with van der Waals surface area (Å²) in [5.41, 5.74) is 2.96. The fourth-order valence-corrected chi connectivity index (χ4v) is 3.24. The molecule has 0 aliphatic carbocycles. The highest BCUT2D eigenvalue weighted by Crippen LogP contribution is 2.16. The number of nitrogens with zero attached hydrogens (tertiary/aromatic N) is 2. The number of anilines is 1. The van der Waals surface area contributed by atoms with Crippen molar-refractivity contribution in [1.29, 1.82) is 0 Å². The van der Waals surface area contributed by atoms with Gasteiger partial charge < -0.3 is 15.1 Å². The van der Waals surface area contributed by atoms with Gasteiger partial charge in [-0.3, -0.25) is 9.59 Å². The van der Waals surface area contributed by atoms with Crippen LogP contribution >= 0.6 is 0 Å². The summed E-state index contributed by atoms with van der Waals surface area (Å²) in [5, 5.41) is 2.74. The van der Waals surface area contributed by atoms with E-state index in [4.69, 9.17) is 0 Å². The summed E-state index contributed by atoms with van der Waals surface area (Å²) in [6.45, 7) is 7.23. The monoisotopic (exact) mass is 365 g/mol. The predicted molar refractivity (Wildman–Crippen MR) is 108 cm³/mol. The molecule has 2 amide bonds. The van der Waals surface area contributed by atoms with Crippen LogP contribution in [0, 0.1) is 0 Å². The lowest BCUT2D eigenvalue weighted by Gasteiger charge is -2.36. The largest absolute Gasteiger partial charge is 0.368 e. The van der Waals surface area contributed by atoms with E-state index in [0.29, 0.717) is 24.6 Å². The number of hydrogen-bond donors (Lipinski definition) is 1. The highest BCUT2D eigenvalue weighted by Gasteiger charge is 2.21. The van der Waals surface area contributed by atoms with Crippen LogP contribution < -0.4 is 10.2 Å². The lowest BCUT2D eigenvalue weighted by molar-refractivity contribution is -0.130. The molecule has 2 aromatic rings. The maximum absolute atomic E-state index is 12.4. The first kappa shape index (κ1) is 19.0. The van der Waals surface area contributed by atoms with Crippen LogP contribution in [0.5, 0.6) is 0 Å². The van der Waals surface area contributed by atoms with Crippen LogP contribution in [-0.4, -0.2) is 49.4 Å². The van der Waals surface area contributed by atoms with Crippen LogP contribution in [-0.2, 0) is 4.79 Å². The number of piperazine rings is 1. The third-order valence-corrected chi connectivity index (χ3v) is 4.99. The molecule has 1 aliphatic heterocycles. The van der Waals surface area contributed by atoms with Crippen molar-refractivity contribution in [1.82, 2.24) is 10.2 Å². The minimum Gasteiger partial charge on any atom is -0.368 e. The number of hydrogen-bond acceptors (Lipinski definition) is 3. The Balaban J connectivity index is 1.46. The third kappa shape index (κ3) is 4.88. The minimum atomic E-state index is -0.207. The second-order valence-electron chi connectivity index (χ2n) is 7.16. The van der Waals surface area contributed by atoms with E-state index >= 15 is 0 Å². The predicted octanol–water partition coefficient (Wildman–Crippen LogP) is 2.89. The smallest absolute Gasteiger partial charge is 0.251 e. The molecule has 2 aromatic carbocycles. The summed E-state index contributed by atoms with van der Waals surface area (Å²) in [5.74, 6) is 0.190. The Morgan fingerprint density at radius 2 is 1.56 bits per heavy atom. The van der Waals surface area contributed by atoms with Gasteiger partial charge in [0.15, 0.2) is 0 Å². The summed E-state index contributed by atoms with van der Waals surface area (Å²) in [6, 6.07) is 17.8. The van der Waals surface area contributed by atoms with Crippen LogP contribution in [0.25, 0.3) is 0 Å². The van der Waals surface area contributed by atoms with Crippen molar-refractivity contribution in [2.45, 2.75) is 19.8 Å². The number of carbonyl (C=O) groups is 2. The van der Waals surface area contributed by atoms with Crippen molar-refractivity contribution in [2.75, 3.05) is 37.6 Å². The Kier molecular flexibility index (Phi) is 6.12. The molecule has 5 nitrogen and oxygen atoms in total. The van der Waals surface area contributed by atoms with Gasteiger partial charge >= 0.3 is 0 Å². The first-order chi connectivity index (χ1) is 13.0. The molecule has 3 rings (SSSR count). The van der Waals surface area contributed by atoms with E-state index in [1.165, 1.54) is 11.3 Å². The number of benzene rings is 2. The van der Waals surface area contributed by atoms with Gasteiger partial charge in [0, 0.05) is 37.4 Å². The second kappa shape index (κ2) is 8.71. The van der Waals surface area contributed by atoms with Gasteiger partial charge in [-0.1, -0.05) is 44.2 Å². The highest BCUT2D eigenvalue weighted by molar-refractivity contribution is 5.96. The zero-order valence-corrected chi connectivity index (χ0v) is 16.0. The molecule has 1 saturated heterocycles. The van der Waals surface area contributed by atoms with Crippen molar-refractivity contribution < 1.29 is 9.59 Å². The molecule has 0 radical (unpaired) electrons. The summed E-state index contributed by atoms with van der Waals surface area (Å²) < 4.78 is 0. The SMILES string of the molecule is CC(C)c1ccc(C(=O)NCC(=O)N2CCN(c3ccccc3)CC2)cc1. The molecular formula is C22H27N3O2. The van der Waals surface area contributed by atoms with Gasteiger partial charge in [0.05, 0.1) is 6.54 Å². The van der Waals surface area contributed by atoms with Gasteiger partial charge in [-0.2, -0.15) is 0 Å². The Bertz CT molecular complexity index is 764. The number of carbonyl (C=O) groups excluding carboxylic acids is 2. The molecule has 1 N–H and O–H groups in total. The number of amides is 2. The molecule has 1 aliphatic rings. The summed E-state index contributed by atoms with van der Waals surface area (Å²) in [7, 11) is 0. The zero-order valence-electron chi connectivity index (χ0n) is 16.0. The average Bonchev–Trinajstić information content (AvgIpc) is 2.72. The first-order valence-corrected chi connectivity index (χ1v) is 9.50. The quantitative estimate of drug-likeness (QED) is 0.886. The van der Waals surface area contributed by atoms with Crippen LogP contribution in [0.15, 0.2) is 54.6 Å². The second-order valence-corrected chi connectivity index (χ2v) is 7.16. The molecular weight excluding hydrogens is 338 g/mol. The molecule has 0 bridgehead atoms. The maximum Gasteiger partial charge on any atom is 0.251 e. The van der Waals surface area contributed by atoms with E-state index in [-0.39, 0.29) is 18.4 Å². The molecule has 27 heavy (non-hydrogen) atoms. The van der Waals surface area contributed by atoms with Crippen molar-refractivity contribution >= 4 is 17.5 Å². The fourth-order valence-electron chi connectivity index (χ4n) is 3.24. The first-order valence-electron chi connectivity index (χ1n) is 9.50. The maximum atomic E-state index is 12.4. The fraction of sp³-hybridized carbons (Fsp3) is 0.364. The van der Waals surface area contributed by atoms with E-state index in [2.05, 4.69) is 36.2 Å². The topological polar surface area (TPSA) is 52.7 Å². The normalized spacial score (nSPS) is 14.3. The summed E-state index contributed by atoms with van der Waals surface area (Å²) >= 11 is 0. The van der Waals surface area contributed by atoms with Gasteiger partial charge in [0.1, 0.15) is 0 Å². The molecule has 142 valence electrons. The van der Waals surface area contributed by atoms with Gasteiger partial charge in [0.25, 0.3) is 5.91 Å². The molecule has 0 spiro atoms. The molecule has 1 fully saturated rings. The average molecular weight is 365 g/mol. The standard InChI is InChI=1S/C22H27N3O2/c1-17(2)18-8-10-19(11-9-18)22(27)23-16-21(26)25-14-12-24(13-15-25)20-6-4-3-5-7-20/h3-11,17H,12-16H2,1-2H3,(H,23,27). The molecule has 0 aromatic heterocycles. The van der Waals surface area contributed by atoms with Crippen molar-refractivity contribution in [3.8, 4) is 0 Å². The Labute approximate surface area is 161 Å². The Morgan fingerprint density at radius 3 is 2.15 bits per heavy atom. The van der Waals surface area contributed by atoms with E-state index in [9.17, 15) is 9.59 Å². The Morgan fingerprint density at radius 1 is 0.926 bits per heavy atom. The van der Waals surface area contributed by atoms with E-state index < -0.39 is 0 Å². The highest BCUT2D eigenvalue weighted by atomic mass is 16.2. The molecule has 0 unspecified atom stereocenters. The van der Waals surface area contributed by atoms with E-state index in [1.807, 2.05) is 47.4 Å². The number of rotatable bonds is 5. The van der Waals surface area contributed by atoms with Gasteiger partial charge in [-0.15, -0.1) is 0 Å². The van der Waals surface area contributed by atoms with Gasteiger partial charge in [0.2, 0.25) is 5.91 Å². The van der Waals surface area contributed by atoms with Crippen molar-refractivity contribution in [3.63, 3.8) is 0 Å². The Hall–Kier alpha value is -2.82. The summed E-state index contributed by atoms with van der Waals surface area (Å²) in [4.78, 5) is 28.8. The van der Waals surface area contributed by atoms with Crippen LogP contribution in [0.1, 0.15) is 35.7 Å². The minimum absolute atomic E-state index is 0.0325. The van der Waals surface area contributed by atoms with E-state index in [0.717, 1.165) is 13.1 Å². The lowest BCUT2D eigenvalue weighted by atomic mass is 10.0. The number of para-hydroxylation sites is 1. The molecule has 1 heterocycles. The van der Waals surface area contributed by atoms with Crippen molar-refractivity contribution in [3.05, 3.63) is 65.7 Å².